The number of aromatic amines is 1. The molecule has 1 aliphatic rings. The van der Waals surface area contributed by atoms with E-state index in [-0.39, 0.29) is 17.5 Å². The summed E-state index contributed by atoms with van der Waals surface area (Å²) in [7, 11) is 0. The van der Waals surface area contributed by atoms with Gasteiger partial charge in [0.2, 0.25) is 0 Å². The first-order valence-electron chi connectivity index (χ1n) is 11.1. The van der Waals surface area contributed by atoms with Crippen LogP contribution < -0.4 is 16.2 Å². The molecule has 162 valence electrons. The number of piperidine rings is 1. The smallest absolute Gasteiger partial charge is 0.327 e. The molecular weight excluding hydrogens is 368 g/mol. The fourth-order valence-electron chi connectivity index (χ4n) is 4.19. The van der Waals surface area contributed by atoms with Crippen LogP contribution in [0.25, 0.3) is 11.2 Å². The number of hydrogen-bond acceptors (Lipinski definition) is 6. The van der Waals surface area contributed by atoms with Crippen LogP contribution in [0.2, 0.25) is 0 Å². The maximum Gasteiger partial charge on any atom is 0.327 e. The van der Waals surface area contributed by atoms with Gasteiger partial charge in [-0.1, -0.05) is 33.6 Å². The normalized spacial score (nSPS) is 18.0. The van der Waals surface area contributed by atoms with Crippen LogP contribution >= 0.6 is 0 Å². The van der Waals surface area contributed by atoms with E-state index in [1.807, 2.05) is 0 Å². The number of ether oxygens (including phenoxy) is 1. The number of anilines is 1. The third kappa shape index (κ3) is 5.50. The lowest BCUT2D eigenvalue weighted by Gasteiger charge is -2.37. The van der Waals surface area contributed by atoms with E-state index in [9.17, 15) is 4.79 Å². The summed E-state index contributed by atoms with van der Waals surface area (Å²) in [6.45, 7) is 10.2. The summed E-state index contributed by atoms with van der Waals surface area (Å²) >= 11 is 0. The number of nitrogens with zero attached hydrogens (tertiary/aromatic N) is 4. The average Bonchev–Trinajstić information content (AvgIpc) is 2.99. The molecular formula is C21H36N6O2. The zero-order valence-corrected chi connectivity index (χ0v) is 18.1. The number of aryl methyl sites for hydroxylation is 1. The van der Waals surface area contributed by atoms with Gasteiger partial charge in [0.15, 0.2) is 11.5 Å². The monoisotopic (exact) mass is 404 g/mol. The molecule has 0 aliphatic carbocycles. The first-order chi connectivity index (χ1) is 14.0. The van der Waals surface area contributed by atoms with Gasteiger partial charge >= 0.3 is 11.7 Å². The molecule has 0 saturated carbocycles. The first kappa shape index (κ1) is 21.6. The van der Waals surface area contributed by atoms with Crippen LogP contribution in [0.3, 0.4) is 0 Å². The summed E-state index contributed by atoms with van der Waals surface area (Å²) in [5.41, 5.74) is 6.88. The molecule has 3 N–H and O–H groups in total. The molecule has 1 saturated heterocycles. The number of hydrogen-bond donors (Lipinski definition) is 2. The van der Waals surface area contributed by atoms with Crippen LogP contribution in [0.15, 0.2) is 4.79 Å². The Bertz CT molecular complexity index is 844. The van der Waals surface area contributed by atoms with Gasteiger partial charge < -0.3 is 20.4 Å². The van der Waals surface area contributed by atoms with Crippen LogP contribution in [-0.2, 0) is 6.54 Å². The molecule has 0 amide bonds. The number of imidazole rings is 1. The van der Waals surface area contributed by atoms with E-state index in [0.29, 0.717) is 36.3 Å². The van der Waals surface area contributed by atoms with E-state index in [0.717, 1.165) is 32.2 Å². The van der Waals surface area contributed by atoms with Gasteiger partial charge in [-0.15, -0.1) is 0 Å². The van der Waals surface area contributed by atoms with E-state index in [2.05, 4.69) is 40.6 Å². The Hall–Kier alpha value is -2.09. The summed E-state index contributed by atoms with van der Waals surface area (Å²) < 4.78 is 7.29. The Balaban J connectivity index is 1.69. The minimum atomic E-state index is -0.186. The van der Waals surface area contributed by atoms with Crippen molar-refractivity contribution in [1.29, 1.82) is 0 Å². The molecule has 2 aromatic heterocycles. The molecule has 1 atom stereocenters. The van der Waals surface area contributed by atoms with Gasteiger partial charge in [0.05, 0.1) is 6.61 Å². The highest BCUT2D eigenvalue weighted by atomic mass is 16.5. The number of H-pyrrole nitrogens is 1. The number of likely N-dealkylation sites (tertiary alicyclic amines) is 1. The maximum atomic E-state index is 12.5. The van der Waals surface area contributed by atoms with Crippen LogP contribution in [-0.4, -0.2) is 50.2 Å². The number of nitrogens with one attached hydrogen (secondary N) is 1. The lowest BCUT2D eigenvalue weighted by molar-refractivity contribution is 0.122. The topological polar surface area (TPSA) is 102 Å². The number of rotatable bonds is 10. The molecule has 3 heterocycles. The van der Waals surface area contributed by atoms with Crippen molar-refractivity contribution in [2.75, 3.05) is 25.4 Å². The van der Waals surface area contributed by atoms with Gasteiger partial charge in [-0.3, -0.25) is 4.57 Å². The Kier molecular flexibility index (Phi) is 7.52. The van der Waals surface area contributed by atoms with Crippen LogP contribution in [0.1, 0.15) is 65.7 Å². The fraction of sp³-hybridized carbons (Fsp3) is 0.762. The molecule has 0 aromatic carbocycles. The zero-order valence-electron chi connectivity index (χ0n) is 18.1. The second-order valence-electron chi connectivity index (χ2n) is 8.55. The van der Waals surface area contributed by atoms with E-state index in [4.69, 9.17) is 10.5 Å². The van der Waals surface area contributed by atoms with Crippen molar-refractivity contribution in [2.24, 2.45) is 5.92 Å². The minimum absolute atomic E-state index is 0.186. The highest BCUT2D eigenvalue weighted by Crippen LogP contribution is 2.23. The Labute approximate surface area is 172 Å². The first-order valence-corrected chi connectivity index (χ1v) is 11.1. The third-order valence-electron chi connectivity index (χ3n) is 5.63. The van der Waals surface area contributed by atoms with Crippen LogP contribution in [0.5, 0.6) is 6.01 Å². The van der Waals surface area contributed by atoms with Crippen molar-refractivity contribution in [3.05, 3.63) is 10.5 Å². The van der Waals surface area contributed by atoms with Crippen molar-refractivity contribution in [2.45, 2.75) is 78.3 Å². The van der Waals surface area contributed by atoms with Gasteiger partial charge in [-0.25, -0.2) is 4.79 Å². The Morgan fingerprint density at radius 2 is 2.10 bits per heavy atom. The van der Waals surface area contributed by atoms with Gasteiger partial charge in [0.25, 0.3) is 0 Å². The van der Waals surface area contributed by atoms with Gasteiger partial charge in [0, 0.05) is 19.1 Å². The predicted octanol–water partition coefficient (Wildman–Crippen LogP) is 3.17. The van der Waals surface area contributed by atoms with Crippen molar-refractivity contribution >= 4 is 17.0 Å². The predicted molar refractivity (Wildman–Crippen MR) is 116 cm³/mol. The van der Waals surface area contributed by atoms with Crippen molar-refractivity contribution in [3.8, 4) is 6.01 Å². The molecule has 8 heteroatoms. The van der Waals surface area contributed by atoms with Crippen LogP contribution in [0.4, 0.5) is 5.82 Å². The van der Waals surface area contributed by atoms with Crippen molar-refractivity contribution in [3.63, 3.8) is 0 Å². The second kappa shape index (κ2) is 10.1. The number of unbranched alkanes of at least 4 members (excludes halogenated alkanes) is 1. The van der Waals surface area contributed by atoms with E-state index in [1.54, 1.807) is 4.57 Å². The molecule has 0 bridgehead atoms. The molecule has 3 rings (SSSR count). The third-order valence-corrected chi connectivity index (χ3v) is 5.63. The minimum Gasteiger partial charge on any atom is -0.463 e. The van der Waals surface area contributed by atoms with Gasteiger partial charge in [0.1, 0.15) is 5.52 Å². The summed E-state index contributed by atoms with van der Waals surface area (Å²) in [4.78, 5) is 26.6. The standard InChI is InChI=1S/C21H36N6O2/c1-4-5-13-29-20-24-18(22)17-19(25-20)27(21(28)23-17)12-8-10-16-9-6-7-11-26(16)14-15(2)3/h15-16H,4-14H2,1-3H3,(H,23,28)(H2,22,24,25). The molecule has 8 nitrogen and oxygen atoms in total. The number of nitrogens with two attached hydrogens (primary N) is 1. The van der Waals surface area contributed by atoms with Gasteiger partial charge in [-0.2, -0.15) is 9.97 Å². The van der Waals surface area contributed by atoms with E-state index >= 15 is 0 Å². The molecule has 1 aliphatic heterocycles. The van der Waals surface area contributed by atoms with Gasteiger partial charge in [-0.05, 0) is 44.6 Å². The highest BCUT2D eigenvalue weighted by molar-refractivity contribution is 5.81. The lowest BCUT2D eigenvalue weighted by Crippen LogP contribution is -2.41. The Morgan fingerprint density at radius 1 is 1.28 bits per heavy atom. The second-order valence-corrected chi connectivity index (χ2v) is 8.55. The number of aromatic nitrogens is 4. The lowest BCUT2D eigenvalue weighted by atomic mass is 9.96. The van der Waals surface area contributed by atoms with E-state index < -0.39 is 0 Å². The number of fused-ring (bicyclic) bond motifs is 1. The molecule has 2 aromatic rings. The summed E-state index contributed by atoms with van der Waals surface area (Å²) in [6, 6.07) is 0.853. The fourth-order valence-corrected chi connectivity index (χ4v) is 4.19. The summed E-state index contributed by atoms with van der Waals surface area (Å²) in [6.07, 6.45) is 7.82. The molecule has 0 radical (unpaired) electrons. The quantitative estimate of drug-likeness (QED) is 0.590. The maximum absolute atomic E-state index is 12.5. The molecule has 29 heavy (non-hydrogen) atoms. The van der Waals surface area contributed by atoms with Crippen LogP contribution in [0, 0.1) is 5.92 Å². The highest BCUT2D eigenvalue weighted by Gasteiger charge is 2.23. The average molecular weight is 405 g/mol. The van der Waals surface area contributed by atoms with Crippen molar-refractivity contribution < 1.29 is 4.74 Å². The SMILES string of the molecule is CCCCOc1nc(N)c2[nH]c(=O)n(CCCC3CCCCN3CC(C)C)c2n1. The summed E-state index contributed by atoms with van der Waals surface area (Å²) in [5.74, 6) is 0.936. The molecule has 1 fully saturated rings. The molecule has 1 unspecified atom stereocenters. The molecule has 0 spiro atoms. The zero-order chi connectivity index (χ0) is 20.8. The number of nitrogen functional groups attached to an aromatic ring is 1. The largest absolute Gasteiger partial charge is 0.463 e. The summed E-state index contributed by atoms with van der Waals surface area (Å²) in [5, 5.41) is 0. The van der Waals surface area contributed by atoms with E-state index in [1.165, 1.54) is 25.8 Å². The Morgan fingerprint density at radius 3 is 2.86 bits per heavy atom. The van der Waals surface area contributed by atoms with Crippen molar-refractivity contribution in [1.82, 2.24) is 24.4 Å².